The molecule has 0 aliphatic rings. The van der Waals surface area contributed by atoms with Crippen molar-refractivity contribution in [2.24, 2.45) is 0 Å². The van der Waals surface area contributed by atoms with Crippen molar-refractivity contribution in [1.82, 2.24) is 9.78 Å². The summed E-state index contributed by atoms with van der Waals surface area (Å²) in [6.07, 6.45) is 6.12. The second kappa shape index (κ2) is 3.99. The second-order valence-corrected chi connectivity index (χ2v) is 4.29. The van der Waals surface area contributed by atoms with Gasteiger partial charge in [0.1, 0.15) is 0 Å². The first-order valence-corrected chi connectivity index (χ1v) is 5.20. The lowest BCUT2D eigenvalue weighted by Crippen LogP contribution is -2.26. The fourth-order valence-electron chi connectivity index (χ4n) is 1.58. The predicted octanol–water partition coefficient (Wildman–Crippen LogP) is 3.07. The number of nitrogens with zero attached hydrogens (tertiary/aromatic N) is 2. The molecule has 0 saturated carbocycles. The monoisotopic (exact) mass is 192 g/mol. The quantitative estimate of drug-likeness (QED) is 0.670. The molecule has 0 atom stereocenters. The van der Waals surface area contributed by atoms with Crippen molar-refractivity contribution in [2.75, 3.05) is 0 Å². The molecule has 0 fully saturated rings. The van der Waals surface area contributed by atoms with Gasteiger partial charge in [0.15, 0.2) is 0 Å². The zero-order chi connectivity index (χ0) is 10.8. The highest BCUT2D eigenvalue weighted by atomic mass is 15.3. The van der Waals surface area contributed by atoms with Gasteiger partial charge in [-0.3, -0.25) is 4.68 Å². The highest BCUT2D eigenvalue weighted by molar-refractivity contribution is 5.18. The Morgan fingerprint density at radius 3 is 2.71 bits per heavy atom. The van der Waals surface area contributed by atoms with E-state index in [-0.39, 0.29) is 5.54 Å². The number of rotatable bonds is 4. The van der Waals surface area contributed by atoms with Crippen LogP contribution in [-0.4, -0.2) is 9.78 Å². The topological polar surface area (TPSA) is 17.8 Å². The van der Waals surface area contributed by atoms with E-state index in [9.17, 15) is 0 Å². The van der Waals surface area contributed by atoms with Crippen LogP contribution >= 0.6 is 0 Å². The third kappa shape index (κ3) is 1.89. The van der Waals surface area contributed by atoms with Crippen LogP contribution in [0.15, 0.2) is 18.9 Å². The molecule has 14 heavy (non-hydrogen) atoms. The van der Waals surface area contributed by atoms with Gasteiger partial charge in [0.25, 0.3) is 0 Å². The number of aromatic nitrogens is 2. The Balaban J connectivity index is 3.14. The van der Waals surface area contributed by atoms with Crippen molar-refractivity contribution in [2.45, 2.75) is 46.1 Å². The highest BCUT2D eigenvalue weighted by Gasteiger charge is 2.20. The fraction of sp³-hybridized carbons (Fsp3) is 0.583. The molecule has 0 spiro atoms. The summed E-state index contributed by atoms with van der Waals surface area (Å²) in [6, 6.07) is 0. The lowest BCUT2D eigenvalue weighted by Gasteiger charge is -2.23. The molecule has 1 rings (SSSR count). The summed E-state index contributed by atoms with van der Waals surface area (Å²) in [7, 11) is 0. The molecule has 0 radical (unpaired) electrons. The van der Waals surface area contributed by atoms with Crippen molar-refractivity contribution in [3.05, 3.63) is 30.1 Å². The van der Waals surface area contributed by atoms with Crippen LogP contribution in [-0.2, 0) is 12.0 Å². The summed E-state index contributed by atoms with van der Waals surface area (Å²) in [5.74, 6) is 0. The molecule has 0 N–H and O–H groups in total. The van der Waals surface area contributed by atoms with Gasteiger partial charge in [0.2, 0.25) is 0 Å². The van der Waals surface area contributed by atoms with Gasteiger partial charge >= 0.3 is 0 Å². The molecule has 0 aromatic carbocycles. The maximum Gasteiger partial charge on any atom is 0.0751 e. The van der Waals surface area contributed by atoms with Crippen molar-refractivity contribution >= 4 is 0 Å². The van der Waals surface area contributed by atoms with E-state index in [2.05, 4.69) is 44.1 Å². The standard InChI is InChI=1S/C12H20N2/c1-6-8-11-10(3)9-13-14(11)12(4,5)7-2/h7,9H,2,6,8H2,1,3-5H3. The molecule has 0 aliphatic heterocycles. The Kier molecular flexibility index (Phi) is 3.14. The lowest BCUT2D eigenvalue weighted by atomic mass is 10.0. The van der Waals surface area contributed by atoms with Crippen molar-refractivity contribution in [1.29, 1.82) is 0 Å². The van der Waals surface area contributed by atoms with Gasteiger partial charge in [0, 0.05) is 5.69 Å². The Bertz CT molecular complexity index is 321. The van der Waals surface area contributed by atoms with E-state index in [1.165, 1.54) is 11.3 Å². The molecule has 0 bridgehead atoms. The van der Waals surface area contributed by atoms with E-state index in [0.29, 0.717) is 0 Å². The van der Waals surface area contributed by atoms with Crippen LogP contribution in [0.5, 0.6) is 0 Å². The van der Waals surface area contributed by atoms with Crippen LogP contribution < -0.4 is 0 Å². The number of hydrogen-bond acceptors (Lipinski definition) is 1. The van der Waals surface area contributed by atoms with Crippen LogP contribution in [0, 0.1) is 6.92 Å². The third-order valence-electron chi connectivity index (χ3n) is 2.61. The fourth-order valence-corrected chi connectivity index (χ4v) is 1.58. The minimum absolute atomic E-state index is 0.0846. The molecular formula is C12H20N2. The van der Waals surface area contributed by atoms with E-state index in [0.717, 1.165) is 12.8 Å². The van der Waals surface area contributed by atoms with Crippen LogP contribution in [0.2, 0.25) is 0 Å². The Morgan fingerprint density at radius 1 is 1.57 bits per heavy atom. The smallest absolute Gasteiger partial charge is 0.0751 e. The van der Waals surface area contributed by atoms with Gasteiger partial charge in [-0.2, -0.15) is 5.10 Å². The lowest BCUT2D eigenvalue weighted by molar-refractivity contribution is 0.391. The van der Waals surface area contributed by atoms with Crippen molar-refractivity contribution < 1.29 is 0 Å². The van der Waals surface area contributed by atoms with E-state index >= 15 is 0 Å². The molecule has 0 amide bonds. The van der Waals surface area contributed by atoms with E-state index < -0.39 is 0 Å². The van der Waals surface area contributed by atoms with Gasteiger partial charge in [-0.05, 0) is 32.8 Å². The largest absolute Gasteiger partial charge is 0.260 e. The average Bonchev–Trinajstić information content (AvgIpc) is 2.50. The highest BCUT2D eigenvalue weighted by Crippen LogP contribution is 2.21. The SMILES string of the molecule is C=CC(C)(C)n1ncc(C)c1CCC. The summed E-state index contributed by atoms with van der Waals surface area (Å²) in [6.45, 7) is 12.4. The number of hydrogen-bond donors (Lipinski definition) is 0. The van der Waals surface area contributed by atoms with Gasteiger partial charge in [-0.15, -0.1) is 6.58 Å². The normalized spacial score (nSPS) is 11.7. The van der Waals surface area contributed by atoms with Gasteiger partial charge < -0.3 is 0 Å². The molecule has 2 heteroatoms. The first-order chi connectivity index (χ1) is 6.53. The van der Waals surface area contributed by atoms with E-state index in [4.69, 9.17) is 0 Å². The molecule has 0 saturated heterocycles. The van der Waals surface area contributed by atoms with Gasteiger partial charge in [-0.1, -0.05) is 19.4 Å². The molecule has 1 aromatic heterocycles. The van der Waals surface area contributed by atoms with Crippen LogP contribution in [0.4, 0.5) is 0 Å². The average molecular weight is 192 g/mol. The molecule has 1 heterocycles. The van der Waals surface area contributed by atoms with Gasteiger partial charge in [-0.25, -0.2) is 0 Å². The van der Waals surface area contributed by atoms with Crippen molar-refractivity contribution in [3.63, 3.8) is 0 Å². The van der Waals surface area contributed by atoms with Crippen LogP contribution in [0.1, 0.15) is 38.4 Å². The van der Waals surface area contributed by atoms with Crippen LogP contribution in [0.3, 0.4) is 0 Å². The molecular weight excluding hydrogens is 172 g/mol. The molecule has 1 aromatic rings. The summed E-state index contributed by atoms with van der Waals surface area (Å²) in [4.78, 5) is 0. The zero-order valence-corrected chi connectivity index (χ0v) is 9.67. The van der Waals surface area contributed by atoms with Gasteiger partial charge in [0.05, 0.1) is 11.7 Å². The molecule has 0 aliphatic carbocycles. The van der Waals surface area contributed by atoms with E-state index in [1.54, 1.807) is 0 Å². The minimum Gasteiger partial charge on any atom is -0.260 e. The molecule has 2 nitrogen and oxygen atoms in total. The maximum atomic E-state index is 4.42. The summed E-state index contributed by atoms with van der Waals surface area (Å²) >= 11 is 0. The summed E-state index contributed by atoms with van der Waals surface area (Å²) < 4.78 is 2.08. The Hall–Kier alpha value is -1.05. The third-order valence-corrected chi connectivity index (χ3v) is 2.61. The first-order valence-electron chi connectivity index (χ1n) is 5.20. The molecule has 0 unspecified atom stereocenters. The minimum atomic E-state index is -0.0846. The molecule has 78 valence electrons. The first kappa shape index (κ1) is 11.0. The zero-order valence-electron chi connectivity index (χ0n) is 9.67. The Morgan fingerprint density at radius 2 is 2.21 bits per heavy atom. The van der Waals surface area contributed by atoms with Crippen LogP contribution in [0.25, 0.3) is 0 Å². The number of allylic oxidation sites excluding steroid dienone is 1. The van der Waals surface area contributed by atoms with Crippen molar-refractivity contribution in [3.8, 4) is 0 Å². The number of aryl methyl sites for hydroxylation is 1. The summed E-state index contributed by atoms with van der Waals surface area (Å²) in [5, 5.41) is 4.42. The Labute approximate surface area is 86.6 Å². The summed E-state index contributed by atoms with van der Waals surface area (Å²) in [5.41, 5.74) is 2.53. The second-order valence-electron chi connectivity index (χ2n) is 4.29. The predicted molar refractivity (Wildman–Crippen MR) is 60.5 cm³/mol. The maximum absolute atomic E-state index is 4.42. The van der Waals surface area contributed by atoms with E-state index in [1.807, 2.05) is 12.3 Å².